The molecule has 25 heavy (non-hydrogen) atoms. The van der Waals surface area contributed by atoms with Crippen molar-refractivity contribution in [3.63, 3.8) is 0 Å². The zero-order valence-electron chi connectivity index (χ0n) is 14.4. The van der Waals surface area contributed by atoms with Crippen molar-refractivity contribution in [2.24, 2.45) is 5.73 Å². The molecule has 2 amide bonds. The fourth-order valence-electron chi connectivity index (χ4n) is 2.38. The van der Waals surface area contributed by atoms with Gasteiger partial charge in [0.25, 0.3) is 0 Å². The van der Waals surface area contributed by atoms with E-state index in [1.165, 1.54) is 4.90 Å². The minimum absolute atomic E-state index is 0.375. The zero-order chi connectivity index (χ0) is 18.2. The second-order valence-electron chi connectivity index (χ2n) is 5.23. The SMILES string of the molecule is CCOc1ccc(N(C(=O)CC(N)=O)c2ccc(OCC)cc2)cc1. The molecule has 0 radical (unpaired) electrons. The molecule has 0 saturated heterocycles. The first-order valence-corrected chi connectivity index (χ1v) is 8.12. The van der Waals surface area contributed by atoms with Crippen molar-refractivity contribution in [3.8, 4) is 11.5 Å². The number of nitrogens with zero attached hydrogens (tertiary/aromatic N) is 1. The van der Waals surface area contributed by atoms with Gasteiger partial charge in [-0.05, 0) is 62.4 Å². The number of benzene rings is 2. The summed E-state index contributed by atoms with van der Waals surface area (Å²) in [4.78, 5) is 25.2. The quantitative estimate of drug-likeness (QED) is 0.748. The third-order valence-electron chi connectivity index (χ3n) is 3.39. The largest absolute Gasteiger partial charge is 0.494 e. The van der Waals surface area contributed by atoms with E-state index in [4.69, 9.17) is 15.2 Å². The molecule has 0 heterocycles. The van der Waals surface area contributed by atoms with Crippen LogP contribution in [-0.2, 0) is 9.59 Å². The van der Waals surface area contributed by atoms with E-state index in [-0.39, 0.29) is 6.42 Å². The van der Waals surface area contributed by atoms with Gasteiger partial charge in [0.05, 0.1) is 13.2 Å². The maximum Gasteiger partial charge on any atom is 0.240 e. The van der Waals surface area contributed by atoms with Gasteiger partial charge in [0.2, 0.25) is 11.8 Å². The average molecular weight is 342 g/mol. The van der Waals surface area contributed by atoms with Gasteiger partial charge < -0.3 is 15.2 Å². The molecular weight excluding hydrogens is 320 g/mol. The molecule has 0 bridgehead atoms. The van der Waals surface area contributed by atoms with Crippen molar-refractivity contribution in [3.05, 3.63) is 48.5 Å². The maximum atomic E-state index is 12.5. The minimum atomic E-state index is -0.674. The van der Waals surface area contributed by atoms with Gasteiger partial charge in [0, 0.05) is 11.4 Å². The number of rotatable bonds is 8. The summed E-state index contributed by atoms with van der Waals surface area (Å²) in [7, 11) is 0. The number of primary amides is 1. The van der Waals surface area contributed by atoms with E-state index >= 15 is 0 Å². The van der Waals surface area contributed by atoms with E-state index in [1.54, 1.807) is 48.5 Å². The van der Waals surface area contributed by atoms with Crippen molar-refractivity contribution in [1.29, 1.82) is 0 Å². The van der Waals surface area contributed by atoms with E-state index in [0.29, 0.717) is 36.1 Å². The molecule has 2 aromatic carbocycles. The Morgan fingerprint density at radius 1 is 0.840 bits per heavy atom. The monoisotopic (exact) mass is 342 g/mol. The van der Waals surface area contributed by atoms with Crippen LogP contribution in [0.15, 0.2) is 48.5 Å². The Hall–Kier alpha value is -3.02. The molecule has 6 heteroatoms. The molecule has 6 nitrogen and oxygen atoms in total. The van der Waals surface area contributed by atoms with Crippen LogP contribution in [0.5, 0.6) is 11.5 Å². The Kier molecular flexibility index (Phi) is 6.39. The van der Waals surface area contributed by atoms with Crippen LogP contribution in [0.2, 0.25) is 0 Å². The fourth-order valence-corrected chi connectivity index (χ4v) is 2.38. The molecule has 0 aliphatic carbocycles. The Morgan fingerprint density at radius 3 is 1.56 bits per heavy atom. The van der Waals surface area contributed by atoms with E-state index in [0.717, 1.165) is 0 Å². The summed E-state index contributed by atoms with van der Waals surface area (Å²) in [5, 5.41) is 0. The lowest BCUT2D eigenvalue weighted by molar-refractivity contribution is -0.125. The van der Waals surface area contributed by atoms with Crippen molar-refractivity contribution < 1.29 is 19.1 Å². The lowest BCUT2D eigenvalue weighted by Gasteiger charge is -2.23. The van der Waals surface area contributed by atoms with Crippen molar-refractivity contribution in [1.82, 2.24) is 0 Å². The third-order valence-corrected chi connectivity index (χ3v) is 3.39. The van der Waals surface area contributed by atoms with Gasteiger partial charge in [-0.25, -0.2) is 0 Å². The Morgan fingerprint density at radius 2 is 1.24 bits per heavy atom. The highest BCUT2D eigenvalue weighted by atomic mass is 16.5. The molecule has 0 unspecified atom stereocenters. The molecule has 0 aromatic heterocycles. The predicted molar refractivity (Wildman–Crippen MR) is 96.2 cm³/mol. The van der Waals surface area contributed by atoms with Gasteiger partial charge in [-0.15, -0.1) is 0 Å². The normalized spacial score (nSPS) is 10.2. The number of amides is 2. The number of hydrogen-bond donors (Lipinski definition) is 1. The summed E-state index contributed by atoms with van der Waals surface area (Å²) < 4.78 is 10.8. The molecule has 2 aromatic rings. The highest BCUT2D eigenvalue weighted by Gasteiger charge is 2.20. The van der Waals surface area contributed by atoms with Crippen molar-refractivity contribution in [2.75, 3.05) is 18.1 Å². The van der Waals surface area contributed by atoms with Crippen molar-refractivity contribution >= 4 is 23.2 Å². The van der Waals surface area contributed by atoms with E-state index in [2.05, 4.69) is 0 Å². The third kappa shape index (κ3) is 4.97. The van der Waals surface area contributed by atoms with Crippen molar-refractivity contribution in [2.45, 2.75) is 20.3 Å². The Bertz CT molecular complexity index is 662. The molecule has 0 fully saturated rings. The summed E-state index contributed by atoms with van der Waals surface area (Å²) in [5.74, 6) is 0.341. The highest BCUT2D eigenvalue weighted by molar-refractivity contribution is 6.08. The highest BCUT2D eigenvalue weighted by Crippen LogP contribution is 2.29. The summed E-state index contributed by atoms with van der Waals surface area (Å²) >= 11 is 0. The first-order chi connectivity index (χ1) is 12.0. The molecule has 0 spiro atoms. The lowest BCUT2D eigenvalue weighted by Crippen LogP contribution is -2.30. The molecule has 132 valence electrons. The van der Waals surface area contributed by atoms with Crippen LogP contribution in [0, 0.1) is 0 Å². The maximum absolute atomic E-state index is 12.5. The number of anilines is 2. The molecule has 2 N–H and O–H groups in total. The van der Waals surface area contributed by atoms with E-state index in [1.807, 2.05) is 13.8 Å². The summed E-state index contributed by atoms with van der Waals surface area (Å²) in [6.45, 7) is 4.91. The molecule has 0 aliphatic rings. The fraction of sp³-hybridized carbons (Fsp3) is 0.263. The lowest BCUT2D eigenvalue weighted by atomic mass is 10.2. The minimum Gasteiger partial charge on any atom is -0.494 e. The van der Waals surface area contributed by atoms with Crippen LogP contribution < -0.4 is 20.1 Å². The molecule has 0 aliphatic heterocycles. The number of carbonyl (C=O) groups excluding carboxylic acids is 2. The van der Waals surface area contributed by atoms with Gasteiger partial charge in [0.15, 0.2) is 0 Å². The summed E-state index contributed by atoms with van der Waals surface area (Å²) in [5.41, 5.74) is 6.44. The second kappa shape index (κ2) is 8.73. The van der Waals surface area contributed by atoms with Gasteiger partial charge in [-0.1, -0.05) is 0 Å². The Balaban J connectivity index is 2.35. The Labute approximate surface area is 147 Å². The molecule has 0 saturated carbocycles. The molecule has 0 atom stereocenters. The first kappa shape index (κ1) is 18.3. The van der Waals surface area contributed by atoms with Crippen LogP contribution in [0.1, 0.15) is 20.3 Å². The smallest absolute Gasteiger partial charge is 0.240 e. The van der Waals surface area contributed by atoms with E-state index < -0.39 is 11.8 Å². The molecular formula is C19H22N2O4. The number of hydrogen-bond acceptors (Lipinski definition) is 4. The summed E-state index contributed by atoms with van der Waals surface area (Å²) in [6.07, 6.45) is -0.375. The summed E-state index contributed by atoms with van der Waals surface area (Å²) in [6, 6.07) is 14.2. The number of carbonyl (C=O) groups is 2. The van der Waals surface area contributed by atoms with Crippen LogP contribution in [0.4, 0.5) is 11.4 Å². The zero-order valence-corrected chi connectivity index (χ0v) is 14.4. The van der Waals surface area contributed by atoms with Gasteiger partial charge in [0.1, 0.15) is 17.9 Å². The van der Waals surface area contributed by atoms with Crippen LogP contribution >= 0.6 is 0 Å². The molecule has 2 rings (SSSR count). The number of nitrogens with two attached hydrogens (primary N) is 1. The number of ether oxygens (including phenoxy) is 2. The van der Waals surface area contributed by atoms with Gasteiger partial charge in [-0.3, -0.25) is 14.5 Å². The second-order valence-corrected chi connectivity index (χ2v) is 5.23. The van der Waals surface area contributed by atoms with Crippen LogP contribution in [-0.4, -0.2) is 25.0 Å². The predicted octanol–water partition coefficient (Wildman–Crippen LogP) is 3.02. The topological polar surface area (TPSA) is 81.9 Å². The van der Waals surface area contributed by atoms with Gasteiger partial charge >= 0.3 is 0 Å². The standard InChI is InChI=1S/C19H22N2O4/c1-3-24-16-9-5-14(6-10-16)21(19(23)13-18(20)22)15-7-11-17(12-8-15)25-4-2/h5-12H,3-4,13H2,1-2H3,(H2,20,22). The van der Waals surface area contributed by atoms with Gasteiger partial charge in [-0.2, -0.15) is 0 Å². The average Bonchev–Trinajstić information content (AvgIpc) is 2.58. The van der Waals surface area contributed by atoms with Crippen LogP contribution in [0.25, 0.3) is 0 Å². The van der Waals surface area contributed by atoms with E-state index in [9.17, 15) is 9.59 Å². The van der Waals surface area contributed by atoms with Crippen LogP contribution in [0.3, 0.4) is 0 Å². The first-order valence-electron chi connectivity index (χ1n) is 8.12.